The van der Waals surface area contributed by atoms with Crippen LogP contribution in [-0.2, 0) is 13.9 Å². The Labute approximate surface area is 84.4 Å². The Balaban J connectivity index is 3.39. The van der Waals surface area contributed by atoms with Gasteiger partial charge in [-0.15, -0.1) is 0 Å². The Hall–Kier alpha value is 0.0700. The van der Waals surface area contributed by atoms with Crippen molar-refractivity contribution in [3.8, 4) is 0 Å². The Morgan fingerprint density at radius 1 is 1.00 bits per heavy atom. The van der Waals surface area contributed by atoms with Crippen molar-refractivity contribution in [2.75, 3.05) is 6.16 Å². The van der Waals surface area contributed by atoms with Crippen molar-refractivity contribution in [2.45, 2.75) is 45.4 Å². The summed E-state index contributed by atoms with van der Waals surface area (Å²) in [6, 6.07) is 0. The SMILES string of the molecule is CCCCCCCCP(=O)(OO)OO. The Bertz CT molecular complexity index is 165. The van der Waals surface area contributed by atoms with Crippen LogP contribution in [0.15, 0.2) is 0 Å². The van der Waals surface area contributed by atoms with Gasteiger partial charge in [-0.25, -0.2) is 10.5 Å². The molecule has 14 heavy (non-hydrogen) atoms. The lowest BCUT2D eigenvalue weighted by Gasteiger charge is -2.08. The molecular weight excluding hydrogens is 207 g/mol. The minimum Gasteiger partial charge on any atom is -0.255 e. The van der Waals surface area contributed by atoms with Crippen molar-refractivity contribution in [3.05, 3.63) is 0 Å². The van der Waals surface area contributed by atoms with Gasteiger partial charge >= 0.3 is 7.60 Å². The summed E-state index contributed by atoms with van der Waals surface area (Å²) in [5.41, 5.74) is 0. The first-order valence-corrected chi connectivity index (χ1v) is 6.66. The van der Waals surface area contributed by atoms with E-state index in [9.17, 15) is 4.57 Å². The normalized spacial score (nSPS) is 11.9. The van der Waals surface area contributed by atoms with Crippen LogP contribution in [-0.4, -0.2) is 16.7 Å². The quantitative estimate of drug-likeness (QED) is 0.272. The predicted molar refractivity (Wildman–Crippen MR) is 53.3 cm³/mol. The molecule has 0 aliphatic heterocycles. The third kappa shape index (κ3) is 6.51. The molecule has 0 rings (SSSR count). The monoisotopic (exact) mass is 226 g/mol. The van der Waals surface area contributed by atoms with E-state index in [1.165, 1.54) is 12.8 Å². The average Bonchev–Trinajstić information content (AvgIpc) is 2.23. The van der Waals surface area contributed by atoms with Crippen LogP contribution in [0.3, 0.4) is 0 Å². The summed E-state index contributed by atoms with van der Waals surface area (Å²) in [4.78, 5) is 0. The lowest BCUT2D eigenvalue weighted by atomic mass is 10.1. The molecule has 5 nitrogen and oxygen atoms in total. The van der Waals surface area contributed by atoms with Crippen molar-refractivity contribution in [2.24, 2.45) is 0 Å². The van der Waals surface area contributed by atoms with Crippen LogP contribution >= 0.6 is 7.60 Å². The molecule has 0 aliphatic carbocycles. The second kappa shape index (κ2) is 8.38. The molecule has 0 atom stereocenters. The molecule has 0 aliphatic rings. The fourth-order valence-electron chi connectivity index (χ4n) is 1.18. The Kier molecular flexibility index (Phi) is 8.43. The highest BCUT2D eigenvalue weighted by atomic mass is 31.2. The molecule has 0 spiro atoms. The van der Waals surface area contributed by atoms with E-state index in [0.29, 0.717) is 6.42 Å². The first kappa shape index (κ1) is 14.1. The minimum absolute atomic E-state index is 0.0477. The van der Waals surface area contributed by atoms with Crippen LogP contribution in [0, 0.1) is 0 Å². The molecule has 0 aromatic rings. The first-order chi connectivity index (χ1) is 6.68. The maximum atomic E-state index is 11.1. The van der Waals surface area contributed by atoms with Gasteiger partial charge in [0.15, 0.2) is 0 Å². The van der Waals surface area contributed by atoms with Crippen molar-refractivity contribution >= 4 is 7.60 Å². The van der Waals surface area contributed by atoms with Gasteiger partial charge < -0.3 is 0 Å². The van der Waals surface area contributed by atoms with Crippen LogP contribution in [0.1, 0.15) is 45.4 Å². The van der Waals surface area contributed by atoms with E-state index < -0.39 is 7.60 Å². The molecule has 86 valence electrons. The molecule has 0 radical (unpaired) electrons. The standard InChI is InChI=1S/C8H19O5P/c1-2-3-4-5-6-7-8-14(11,12-9)13-10/h9-10H,2-8H2,1H3. The summed E-state index contributed by atoms with van der Waals surface area (Å²) in [6.07, 6.45) is 6.15. The van der Waals surface area contributed by atoms with E-state index in [1.54, 1.807) is 0 Å². The van der Waals surface area contributed by atoms with Gasteiger partial charge in [-0.1, -0.05) is 39.0 Å². The largest absolute Gasteiger partial charge is 0.383 e. The van der Waals surface area contributed by atoms with E-state index in [-0.39, 0.29) is 6.16 Å². The molecule has 0 aromatic heterocycles. The second-order valence-corrected chi connectivity index (χ2v) is 5.26. The molecule has 0 amide bonds. The molecule has 0 bridgehead atoms. The van der Waals surface area contributed by atoms with E-state index >= 15 is 0 Å². The van der Waals surface area contributed by atoms with Gasteiger partial charge in [0.05, 0.1) is 6.16 Å². The molecule has 0 aromatic carbocycles. The van der Waals surface area contributed by atoms with E-state index in [4.69, 9.17) is 10.5 Å². The van der Waals surface area contributed by atoms with Gasteiger partial charge in [0.2, 0.25) is 0 Å². The smallest absolute Gasteiger partial charge is 0.255 e. The van der Waals surface area contributed by atoms with Gasteiger partial charge in [0, 0.05) is 0 Å². The molecule has 0 unspecified atom stereocenters. The maximum absolute atomic E-state index is 11.1. The van der Waals surface area contributed by atoms with Crippen LogP contribution in [0.4, 0.5) is 0 Å². The third-order valence-electron chi connectivity index (χ3n) is 2.03. The van der Waals surface area contributed by atoms with E-state index in [1.807, 2.05) is 0 Å². The lowest BCUT2D eigenvalue weighted by molar-refractivity contribution is -0.208. The molecule has 0 saturated carbocycles. The molecule has 0 saturated heterocycles. The number of unbranched alkanes of at least 4 members (excludes halogenated alkanes) is 5. The van der Waals surface area contributed by atoms with Gasteiger partial charge in [-0.05, 0) is 6.42 Å². The van der Waals surface area contributed by atoms with Crippen LogP contribution < -0.4 is 0 Å². The van der Waals surface area contributed by atoms with Crippen molar-refractivity contribution in [1.29, 1.82) is 0 Å². The minimum atomic E-state index is -3.63. The van der Waals surface area contributed by atoms with Gasteiger partial charge in [0.25, 0.3) is 0 Å². The molecule has 0 fully saturated rings. The van der Waals surface area contributed by atoms with Gasteiger partial charge in [-0.3, -0.25) is 4.57 Å². The van der Waals surface area contributed by atoms with Gasteiger partial charge in [0.1, 0.15) is 0 Å². The first-order valence-electron chi connectivity index (χ1n) is 4.94. The van der Waals surface area contributed by atoms with E-state index in [2.05, 4.69) is 16.3 Å². The van der Waals surface area contributed by atoms with Crippen molar-refractivity contribution in [1.82, 2.24) is 0 Å². The molecule has 6 heteroatoms. The summed E-state index contributed by atoms with van der Waals surface area (Å²) >= 11 is 0. The summed E-state index contributed by atoms with van der Waals surface area (Å²) in [6.45, 7) is 2.13. The summed E-state index contributed by atoms with van der Waals surface area (Å²) in [5.74, 6) is 0. The number of hydrogen-bond donors (Lipinski definition) is 2. The van der Waals surface area contributed by atoms with Crippen LogP contribution in [0.5, 0.6) is 0 Å². The highest BCUT2D eigenvalue weighted by molar-refractivity contribution is 7.53. The van der Waals surface area contributed by atoms with Crippen molar-refractivity contribution < 1.29 is 24.4 Å². The lowest BCUT2D eigenvalue weighted by Crippen LogP contribution is -1.95. The molecule has 0 heterocycles. The predicted octanol–water partition coefficient (Wildman–Crippen LogP) is 3.52. The van der Waals surface area contributed by atoms with Crippen LogP contribution in [0.25, 0.3) is 0 Å². The zero-order valence-electron chi connectivity index (χ0n) is 8.52. The zero-order valence-corrected chi connectivity index (χ0v) is 9.41. The summed E-state index contributed by atoms with van der Waals surface area (Å²) in [7, 11) is -3.63. The zero-order chi connectivity index (χ0) is 10.9. The molecule has 2 N–H and O–H groups in total. The van der Waals surface area contributed by atoms with Crippen molar-refractivity contribution in [3.63, 3.8) is 0 Å². The maximum Gasteiger partial charge on any atom is 0.383 e. The second-order valence-electron chi connectivity index (χ2n) is 3.27. The third-order valence-corrected chi connectivity index (χ3v) is 3.40. The summed E-state index contributed by atoms with van der Waals surface area (Å²) in [5, 5.41) is 16.4. The highest BCUT2D eigenvalue weighted by Gasteiger charge is 2.23. The summed E-state index contributed by atoms with van der Waals surface area (Å²) < 4.78 is 18.3. The average molecular weight is 226 g/mol. The molecular formula is C8H19O5P. The van der Waals surface area contributed by atoms with E-state index in [0.717, 1.165) is 19.3 Å². The Morgan fingerprint density at radius 2 is 1.50 bits per heavy atom. The van der Waals surface area contributed by atoms with Crippen LogP contribution in [0.2, 0.25) is 0 Å². The topological polar surface area (TPSA) is 76.0 Å². The highest BCUT2D eigenvalue weighted by Crippen LogP contribution is 2.46. The number of rotatable bonds is 9. The Morgan fingerprint density at radius 3 is 2.00 bits per heavy atom. The fraction of sp³-hybridized carbons (Fsp3) is 1.00. The fourth-order valence-corrected chi connectivity index (χ4v) is 1.99. The van der Waals surface area contributed by atoms with Gasteiger partial charge in [-0.2, -0.15) is 9.35 Å². The number of hydrogen-bond acceptors (Lipinski definition) is 5.